The van der Waals surface area contributed by atoms with Crippen molar-refractivity contribution in [2.75, 3.05) is 6.54 Å². The predicted octanol–water partition coefficient (Wildman–Crippen LogP) is 2.74. The van der Waals surface area contributed by atoms with Crippen LogP contribution in [-0.2, 0) is 0 Å². The smallest absolute Gasteiger partial charge is 0.408 e. The van der Waals surface area contributed by atoms with Crippen LogP contribution in [0.1, 0.15) is 32.1 Å². The van der Waals surface area contributed by atoms with Crippen LogP contribution in [-0.4, -0.2) is 27.5 Å². The van der Waals surface area contributed by atoms with E-state index in [4.69, 9.17) is 5.11 Å². The van der Waals surface area contributed by atoms with E-state index in [1.54, 1.807) is 6.08 Å². The van der Waals surface area contributed by atoms with Crippen LogP contribution in [0.4, 0.5) is 4.79 Å². The van der Waals surface area contributed by atoms with E-state index in [1.165, 1.54) is 11.3 Å². The SMILES string of the molecule is C=CCN(C(=O)O)C1(S)CCCCC1. The molecule has 1 aliphatic rings. The number of hydrogen-bond acceptors (Lipinski definition) is 2. The molecule has 0 radical (unpaired) electrons. The molecule has 1 rings (SSSR count). The van der Waals surface area contributed by atoms with E-state index in [9.17, 15) is 4.79 Å². The van der Waals surface area contributed by atoms with Gasteiger partial charge in [0, 0.05) is 6.54 Å². The highest BCUT2D eigenvalue weighted by atomic mass is 32.1. The molecule has 14 heavy (non-hydrogen) atoms. The molecule has 1 amide bonds. The highest BCUT2D eigenvalue weighted by Crippen LogP contribution is 2.36. The summed E-state index contributed by atoms with van der Waals surface area (Å²) in [4.78, 5) is 11.9. The summed E-state index contributed by atoms with van der Waals surface area (Å²) in [5.41, 5.74) is 0. The van der Waals surface area contributed by atoms with E-state index in [2.05, 4.69) is 19.2 Å². The fourth-order valence-electron chi connectivity index (χ4n) is 1.94. The van der Waals surface area contributed by atoms with Crippen molar-refractivity contribution < 1.29 is 9.90 Å². The molecule has 4 heteroatoms. The Morgan fingerprint density at radius 1 is 1.50 bits per heavy atom. The minimum absolute atomic E-state index is 0.360. The van der Waals surface area contributed by atoms with Crippen LogP contribution in [0, 0.1) is 0 Å². The molecular formula is C10H17NO2S. The molecule has 3 nitrogen and oxygen atoms in total. The number of amides is 1. The number of nitrogens with zero attached hydrogens (tertiary/aromatic N) is 1. The molecule has 0 heterocycles. The lowest BCUT2D eigenvalue weighted by Crippen LogP contribution is -2.48. The third-order valence-electron chi connectivity index (χ3n) is 2.70. The van der Waals surface area contributed by atoms with Crippen LogP contribution < -0.4 is 0 Å². The van der Waals surface area contributed by atoms with Crippen molar-refractivity contribution in [1.29, 1.82) is 0 Å². The van der Waals surface area contributed by atoms with Gasteiger partial charge in [-0.25, -0.2) is 4.79 Å². The zero-order valence-electron chi connectivity index (χ0n) is 8.28. The predicted molar refractivity (Wildman–Crippen MR) is 59.7 cm³/mol. The van der Waals surface area contributed by atoms with Gasteiger partial charge in [0.15, 0.2) is 0 Å². The Labute approximate surface area is 90.2 Å². The van der Waals surface area contributed by atoms with Crippen LogP contribution in [0.15, 0.2) is 12.7 Å². The molecule has 0 aromatic carbocycles. The maximum atomic E-state index is 11.0. The lowest BCUT2D eigenvalue weighted by Gasteiger charge is -2.40. The third-order valence-corrected chi connectivity index (χ3v) is 3.39. The fraction of sp³-hybridized carbons (Fsp3) is 0.700. The highest BCUT2D eigenvalue weighted by Gasteiger charge is 2.36. The van der Waals surface area contributed by atoms with Crippen LogP contribution in [0.5, 0.6) is 0 Å². The van der Waals surface area contributed by atoms with Crippen molar-refractivity contribution in [3.05, 3.63) is 12.7 Å². The summed E-state index contributed by atoms with van der Waals surface area (Å²) in [5, 5.41) is 9.05. The molecule has 1 saturated carbocycles. The van der Waals surface area contributed by atoms with Crippen molar-refractivity contribution in [2.45, 2.75) is 37.0 Å². The molecule has 1 fully saturated rings. The normalized spacial score (nSPS) is 20.1. The second-order valence-corrected chi connectivity index (χ2v) is 4.56. The maximum Gasteiger partial charge on any atom is 0.408 e. The summed E-state index contributed by atoms with van der Waals surface area (Å²) in [5.74, 6) is 0. The number of hydrogen-bond donors (Lipinski definition) is 2. The van der Waals surface area contributed by atoms with E-state index < -0.39 is 11.0 Å². The Hall–Kier alpha value is -0.640. The first-order valence-electron chi connectivity index (χ1n) is 4.94. The average molecular weight is 215 g/mol. The number of thiol groups is 1. The van der Waals surface area contributed by atoms with E-state index in [-0.39, 0.29) is 0 Å². The minimum atomic E-state index is -0.901. The first-order chi connectivity index (χ1) is 6.60. The molecule has 0 saturated heterocycles. The maximum absolute atomic E-state index is 11.0. The largest absolute Gasteiger partial charge is 0.465 e. The molecule has 0 aromatic heterocycles. The Bertz CT molecular complexity index is 224. The van der Waals surface area contributed by atoms with Gasteiger partial charge in [-0.3, -0.25) is 4.90 Å². The van der Waals surface area contributed by atoms with Gasteiger partial charge in [0.25, 0.3) is 0 Å². The van der Waals surface area contributed by atoms with E-state index in [1.807, 2.05) is 0 Å². The van der Waals surface area contributed by atoms with Crippen LogP contribution in [0.25, 0.3) is 0 Å². The van der Waals surface area contributed by atoms with E-state index >= 15 is 0 Å². The molecule has 1 aliphatic carbocycles. The second-order valence-electron chi connectivity index (χ2n) is 3.72. The molecule has 1 N–H and O–H groups in total. The Kier molecular flexibility index (Phi) is 3.86. The molecule has 0 aromatic rings. The quantitative estimate of drug-likeness (QED) is 0.432. The van der Waals surface area contributed by atoms with Crippen LogP contribution >= 0.6 is 12.6 Å². The van der Waals surface area contributed by atoms with Crippen molar-refractivity contribution in [3.63, 3.8) is 0 Å². The van der Waals surface area contributed by atoms with Crippen molar-refractivity contribution in [1.82, 2.24) is 4.90 Å². The monoisotopic (exact) mass is 215 g/mol. The summed E-state index contributed by atoms with van der Waals surface area (Å²) >= 11 is 4.52. The average Bonchev–Trinajstić information content (AvgIpc) is 2.14. The van der Waals surface area contributed by atoms with Gasteiger partial charge in [-0.05, 0) is 12.8 Å². The van der Waals surface area contributed by atoms with Crippen molar-refractivity contribution in [3.8, 4) is 0 Å². The first kappa shape index (κ1) is 11.4. The van der Waals surface area contributed by atoms with Crippen LogP contribution in [0.3, 0.4) is 0 Å². The molecule has 0 atom stereocenters. The highest BCUT2D eigenvalue weighted by molar-refractivity contribution is 7.81. The topological polar surface area (TPSA) is 40.5 Å². The van der Waals surface area contributed by atoms with Gasteiger partial charge < -0.3 is 5.11 Å². The van der Waals surface area contributed by atoms with Crippen molar-refractivity contribution >= 4 is 18.7 Å². The van der Waals surface area contributed by atoms with Crippen LogP contribution in [0.2, 0.25) is 0 Å². The number of rotatable bonds is 3. The molecule has 0 aliphatic heterocycles. The Morgan fingerprint density at radius 3 is 2.50 bits per heavy atom. The van der Waals surface area contributed by atoms with Gasteiger partial charge >= 0.3 is 6.09 Å². The third kappa shape index (κ3) is 2.44. The summed E-state index contributed by atoms with van der Waals surface area (Å²) in [6, 6.07) is 0. The van der Waals surface area contributed by atoms with E-state index in [0.717, 1.165) is 25.7 Å². The van der Waals surface area contributed by atoms with E-state index in [0.29, 0.717) is 6.54 Å². The first-order valence-corrected chi connectivity index (χ1v) is 5.39. The number of carboxylic acid groups (broad SMARTS) is 1. The summed E-state index contributed by atoms with van der Waals surface area (Å²) < 4.78 is 0. The molecule has 0 unspecified atom stereocenters. The lowest BCUT2D eigenvalue weighted by atomic mass is 9.93. The van der Waals surface area contributed by atoms with Gasteiger partial charge in [0.1, 0.15) is 0 Å². The summed E-state index contributed by atoms with van der Waals surface area (Å²) in [7, 11) is 0. The van der Waals surface area contributed by atoms with Crippen molar-refractivity contribution in [2.24, 2.45) is 0 Å². The molecule has 80 valence electrons. The standard InChI is InChI=1S/C10H17NO2S/c1-2-8-11(9(12)13)10(14)6-4-3-5-7-10/h2,14H,1,3-8H2,(H,12,13). The molecule has 0 bridgehead atoms. The Morgan fingerprint density at radius 2 is 2.07 bits per heavy atom. The fourth-order valence-corrected chi connectivity index (χ4v) is 2.43. The number of carbonyl (C=O) groups is 1. The van der Waals surface area contributed by atoms with Gasteiger partial charge in [-0.15, -0.1) is 6.58 Å². The molecule has 0 spiro atoms. The second kappa shape index (κ2) is 4.73. The lowest BCUT2D eigenvalue weighted by molar-refractivity contribution is 0.106. The van der Waals surface area contributed by atoms with Gasteiger partial charge in [0.05, 0.1) is 4.87 Å². The van der Waals surface area contributed by atoms with Gasteiger partial charge in [0.2, 0.25) is 0 Å². The van der Waals surface area contributed by atoms with Gasteiger partial charge in [-0.1, -0.05) is 25.3 Å². The summed E-state index contributed by atoms with van der Waals surface area (Å²) in [6.07, 6.45) is 5.70. The molecular weight excluding hydrogens is 198 g/mol. The zero-order valence-corrected chi connectivity index (χ0v) is 9.17. The van der Waals surface area contributed by atoms with Gasteiger partial charge in [-0.2, -0.15) is 12.6 Å². The Balaban J connectivity index is 2.73. The summed E-state index contributed by atoms with van der Waals surface area (Å²) in [6.45, 7) is 3.93. The zero-order chi connectivity index (χ0) is 10.6. The minimum Gasteiger partial charge on any atom is -0.465 e.